The van der Waals surface area contributed by atoms with E-state index >= 15 is 0 Å². The molecule has 110 valence electrons. The molecule has 10 heteroatoms. The summed E-state index contributed by atoms with van der Waals surface area (Å²) in [4.78, 5) is 19.4. The molecule has 20 heavy (non-hydrogen) atoms. The Hall–Kier alpha value is -2.07. The highest BCUT2D eigenvalue weighted by atomic mass is 32.2. The van der Waals surface area contributed by atoms with Crippen LogP contribution >= 0.6 is 0 Å². The molecule has 0 saturated carbocycles. The number of nitrogens with one attached hydrogen (secondary N) is 1. The number of nitro groups is 1. The highest BCUT2D eigenvalue weighted by molar-refractivity contribution is 7.89. The van der Waals surface area contributed by atoms with Crippen molar-refractivity contribution in [2.75, 3.05) is 0 Å². The fraction of sp³-hybridized carbons (Fsp3) is 0.300. The largest absolute Gasteiger partial charge is 0.480 e. The van der Waals surface area contributed by atoms with E-state index in [0.29, 0.717) is 0 Å². The van der Waals surface area contributed by atoms with Crippen LogP contribution in [0.5, 0.6) is 0 Å². The molecule has 0 amide bonds. The van der Waals surface area contributed by atoms with Gasteiger partial charge in [-0.2, -0.15) is 9.11 Å². The Labute approximate surface area is 113 Å². The zero-order chi connectivity index (χ0) is 15.5. The maximum atomic E-state index is 13.4. The molecule has 0 aliphatic rings. The summed E-state index contributed by atoms with van der Waals surface area (Å²) >= 11 is 0. The predicted octanol–water partition coefficient (Wildman–Crippen LogP) is 0.875. The summed E-state index contributed by atoms with van der Waals surface area (Å²) in [7, 11) is -4.53. The first-order chi connectivity index (χ1) is 9.20. The van der Waals surface area contributed by atoms with E-state index in [-0.39, 0.29) is 6.42 Å². The summed E-state index contributed by atoms with van der Waals surface area (Å²) < 4.78 is 39.0. The molecule has 1 atom stereocenters. The van der Waals surface area contributed by atoms with Crippen molar-refractivity contribution in [1.82, 2.24) is 4.72 Å². The lowest BCUT2D eigenvalue weighted by Gasteiger charge is -2.12. The Kier molecular flexibility index (Phi) is 4.73. The normalized spacial score (nSPS) is 12.9. The number of benzene rings is 1. The molecule has 0 unspecified atom stereocenters. The predicted molar refractivity (Wildman–Crippen MR) is 65.1 cm³/mol. The molecule has 1 aromatic carbocycles. The summed E-state index contributed by atoms with van der Waals surface area (Å²) in [5.41, 5.74) is -1.22. The van der Waals surface area contributed by atoms with Crippen LogP contribution in [0.25, 0.3) is 0 Å². The van der Waals surface area contributed by atoms with Crippen LogP contribution in [-0.2, 0) is 14.8 Å². The summed E-state index contributed by atoms with van der Waals surface area (Å²) in [6, 6.07) is 1.10. The van der Waals surface area contributed by atoms with E-state index in [0.717, 1.165) is 18.2 Å². The standard InChI is InChI=1S/C10H11FN2O6S/c1-2-7(10(14)15)12-20(18,19)8-5-3-4-6(11)9(8)13(16)17/h3-5,7,12H,2H2,1H3,(H,14,15)/t7-/m0/s1. The molecule has 0 spiro atoms. The van der Waals surface area contributed by atoms with Crippen molar-refractivity contribution in [2.45, 2.75) is 24.3 Å². The minimum absolute atomic E-state index is 0.0717. The number of carbonyl (C=O) groups is 1. The number of para-hydroxylation sites is 1. The van der Waals surface area contributed by atoms with Gasteiger partial charge in [0.1, 0.15) is 6.04 Å². The van der Waals surface area contributed by atoms with Gasteiger partial charge in [-0.3, -0.25) is 14.9 Å². The lowest BCUT2D eigenvalue weighted by molar-refractivity contribution is -0.390. The fourth-order valence-electron chi connectivity index (χ4n) is 1.45. The van der Waals surface area contributed by atoms with E-state index in [1.807, 2.05) is 0 Å². The Balaban J connectivity index is 3.33. The summed E-state index contributed by atoms with van der Waals surface area (Å²) in [5, 5.41) is 19.5. The Morgan fingerprint density at radius 3 is 2.60 bits per heavy atom. The average molecular weight is 306 g/mol. The quantitative estimate of drug-likeness (QED) is 0.593. The van der Waals surface area contributed by atoms with Gasteiger partial charge in [0.25, 0.3) is 0 Å². The molecule has 1 aromatic rings. The maximum absolute atomic E-state index is 13.4. The third kappa shape index (κ3) is 3.27. The van der Waals surface area contributed by atoms with Crippen LogP contribution in [0.2, 0.25) is 0 Å². The minimum atomic E-state index is -4.53. The molecule has 0 aromatic heterocycles. The Morgan fingerprint density at radius 1 is 1.55 bits per heavy atom. The maximum Gasteiger partial charge on any atom is 0.324 e. The van der Waals surface area contributed by atoms with Crippen molar-refractivity contribution in [3.05, 3.63) is 34.1 Å². The number of nitrogens with zero attached hydrogens (tertiary/aromatic N) is 1. The van der Waals surface area contributed by atoms with Crippen molar-refractivity contribution < 1.29 is 27.6 Å². The van der Waals surface area contributed by atoms with E-state index in [2.05, 4.69) is 0 Å². The van der Waals surface area contributed by atoms with E-state index < -0.39 is 43.4 Å². The van der Waals surface area contributed by atoms with Gasteiger partial charge in [-0.15, -0.1) is 0 Å². The number of aliphatic carboxylic acids is 1. The molecule has 1 rings (SSSR count). The molecule has 0 aliphatic heterocycles. The third-order valence-electron chi connectivity index (χ3n) is 2.43. The molecule has 0 radical (unpaired) electrons. The van der Waals surface area contributed by atoms with E-state index in [4.69, 9.17) is 5.11 Å². The van der Waals surface area contributed by atoms with Gasteiger partial charge in [-0.25, -0.2) is 8.42 Å². The lowest BCUT2D eigenvalue weighted by Crippen LogP contribution is -2.40. The topological polar surface area (TPSA) is 127 Å². The molecular weight excluding hydrogens is 295 g/mol. The summed E-state index contributed by atoms with van der Waals surface area (Å²) in [5.74, 6) is -2.75. The molecule has 0 aliphatic carbocycles. The Morgan fingerprint density at radius 2 is 2.15 bits per heavy atom. The second-order valence-electron chi connectivity index (χ2n) is 3.76. The fourth-order valence-corrected chi connectivity index (χ4v) is 2.90. The number of hydrogen-bond acceptors (Lipinski definition) is 5. The van der Waals surface area contributed by atoms with Crippen LogP contribution in [0.1, 0.15) is 13.3 Å². The van der Waals surface area contributed by atoms with Gasteiger partial charge in [0.15, 0.2) is 4.90 Å². The van der Waals surface area contributed by atoms with Crippen molar-refractivity contribution >= 4 is 21.7 Å². The van der Waals surface area contributed by atoms with Gasteiger partial charge in [0.2, 0.25) is 15.8 Å². The number of hydrogen-bond donors (Lipinski definition) is 2. The highest BCUT2D eigenvalue weighted by Gasteiger charge is 2.32. The van der Waals surface area contributed by atoms with Gasteiger partial charge in [-0.05, 0) is 18.6 Å². The molecule has 0 heterocycles. The minimum Gasteiger partial charge on any atom is -0.480 e. The number of carboxylic acid groups (broad SMARTS) is 1. The van der Waals surface area contributed by atoms with Crippen molar-refractivity contribution in [3.8, 4) is 0 Å². The first-order valence-electron chi connectivity index (χ1n) is 5.38. The monoisotopic (exact) mass is 306 g/mol. The number of sulfonamides is 1. The summed E-state index contributed by atoms with van der Waals surface area (Å²) in [6.45, 7) is 1.42. The first kappa shape index (κ1) is 16.0. The van der Waals surface area contributed by atoms with Crippen LogP contribution in [0, 0.1) is 15.9 Å². The van der Waals surface area contributed by atoms with E-state index in [1.54, 1.807) is 4.72 Å². The van der Waals surface area contributed by atoms with Gasteiger partial charge < -0.3 is 5.11 Å². The molecule has 0 bridgehead atoms. The van der Waals surface area contributed by atoms with Crippen molar-refractivity contribution in [3.63, 3.8) is 0 Å². The van der Waals surface area contributed by atoms with E-state index in [9.17, 15) is 27.7 Å². The molecular formula is C10H11FN2O6S. The first-order valence-corrected chi connectivity index (χ1v) is 6.87. The van der Waals surface area contributed by atoms with Crippen LogP contribution in [0.3, 0.4) is 0 Å². The second-order valence-corrected chi connectivity index (χ2v) is 5.45. The van der Waals surface area contributed by atoms with Crippen LogP contribution < -0.4 is 4.72 Å². The van der Waals surface area contributed by atoms with Crippen LogP contribution in [0.4, 0.5) is 10.1 Å². The summed E-state index contributed by atoms with van der Waals surface area (Å²) in [6.07, 6.45) is -0.0717. The van der Waals surface area contributed by atoms with Crippen LogP contribution in [0.15, 0.2) is 23.1 Å². The number of rotatable bonds is 6. The van der Waals surface area contributed by atoms with Crippen molar-refractivity contribution in [1.29, 1.82) is 0 Å². The van der Waals surface area contributed by atoms with Crippen LogP contribution in [-0.4, -0.2) is 30.5 Å². The number of nitro benzene ring substituents is 1. The van der Waals surface area contributed by atoms with Gasteiger partial charge in [0, 0.05) is 0 Å². The van der Waals surface area contributed by atoms with Crippen molar-refractivity contribution in [2.24, 2.45) is 0 Å². The molecule has 0 saturated heterocycles. The number of carboxylic acids is 1. The molecule has 2 N–H and O–H groups in total. The van der Waals surface area contributed by atoms with Gasteiger partial charge in [-0.1, -0.05) is 13.0 Å². The Bertz CT molecular complexity index is 645. The zero-order valence-corrected chi connectivity index (χ0v) is 11.1. The lowest BCUT2D eigenvalue weighted by atomic mass is 10.2. The smallest absolute Gasteiger partial charge is 0.324 e. The zero-order valence-electron chi connectivity index (χ0n) is 10.2. The highest BCUT2D eigenvalue weighted by Crippen LogP contribution is 2.26. The molecule has 8 nitrogen and oxygen atoms in total. The second kappa shape index (κ2) is 5.92. The SMILES string of the molecule is CC[C@H](NS(=O)(=O)c1cccc(F)c1[N+](=O)[O-])C(=O)O. The van der Waals surface area contributed by atoms with Gasteiger partial charge >= 0.3 is 11.7 Å². The van der Waals surface area contributed by atoms with Gasteiger partial charge in [0.05, 0.1) is 4.92 Å². The average Bonchev–Trinajstić information content (AvgIpc) is 2.34. The number of halogens is 1. The molecule has 0 fully saturated rings. The van der Waals surface area contributed by atoms with E-state index in [1.165, 1.54) is 6.92 Å². The third-order valence-corrected chi connectivity index (χ3v) is 3.93.